The zero-order valence-electron chi connectivity index (χ0n) is 3.61. The molecule has 0 aliphatic rings. The Balaban J connectivity index is 3.14. The molecule has 0 aliphatic heterocycles. The highest BCUT2D eigenvalue weighted by atomic mass is 32.1. The van der Waals surface area contributed by atoms with Gasteiger partial charge in [-0.3, -0.25) is 0 Å². The van der Waals surface area contributed by atoms with Crippen molar-refractivity contribution in [2.75, 3.05) is 0 Å². The van der Waals surface area contributed by atoms with E-state index in [0.29, 0.717) is 0 Å². The second-order valence-electron chi connectivity index (χ2n) is 0.935. The Kier molecular flexibility index (Phi) is 3.23. The molecule has 0 saturated heterocycles. The summed E-state index contributed by atoms with van der Waals surface area (Å²) in [6.45, 7) is 1.86. The second-order valence-corrected chi connectivity index (χ2v) is 1.36. The first kappa shape index (κ1) is 6.02. The van der Waals surface area contributed by atoms with Gasteiger partial charge < -0.3 is 0 Å². The topological polar surface area (TPSA) is 0 Å². The van der Waals surface area contributed by atoms with Crippen LogP contribution in [0.3, 0.4) is 0 Å². The lowest BCUT2D eigenvalue weighted by Gasteiger charge is -1.74. The van der Waals surface area contributed by atoms with Crippen molar-refractivity contribution in [3.05, 3.63) is 11.2 Å². The Labute approximate surface area is 42.5 Å². The lowest BCUT2D eigenvalue weighted by atomic mass is 10.5. The molecule has 0 spiro atoms. The molecule has 6 heavy (non-hydrogen) atoms. The highest BCUT2D eigenvalue weighted by Crippen LogP contribution is 2.00. The van der Waals surface area contributed by atoms with Crippen LogP contribution in [0.25, 0.3) is 0 Å². The van der Waals surface area contributed by atoms with Gasteiger partial charge in [0.25, 0.3) is 0 Å². The van der Waals surface area contributed by atoms with Crippen molar-refractivity contribution in [2.45, 2.75) is 13.3 Å². The van der Waals surface area contributed by atoms with Gasteiger partial charge in [0.15, 0.2) is 0 Å². The summed E-state index contributed by atoms with van der Waals surface area (Å²) in [5, 5.41) is -0.391. The summed E-state index contributed by atoms with van der Waals surface area (Å²) in [6, 6.07) is 0. The summed E-state index contributed by atoms with van der Waals surface area (Å²) in [5.74, 6) is 0. The Morgan fingerprint density at radius 1 is 2.00 bits per heavy atom. The van der Waals surface area contributed by atoms with Crippen molar-refractivity contribution in [3.63, 3.8) is 0 Å². The molecule has 0 aliphatic carbocycles. The molecule has 36 valence electrons. The first-order chi connectivity index (χ1) is 2.77. The number of halogens is 1. The van der Waals surface area contributed by atoms with E-state index in [1.54, 1.807) is 0 Å². The van der Waals surface area contributed by atoms with Crippen LogP contribution in [0.5, 0.6) is 0 Å². The zero-order chi connectivity index (χ0) is 4.99. The maximum Gasteiger partial charge on any atom is 0.149 e. The van der Waals surface area contributed by atoms with Gasteiger partial charge >= 0.3 is 0 Å². The van der Waals surface area contributed by atoms with E-state index in [4.69, 9.17) is 0 Å². The van der Waals surface area contributed by atoms with Gasteiger partial charge in [0.1, 0.15) is 5.16 Å². The smallest absolute Gasteiger partial charge is 0.149 e. The highest BCUT2D eigenvalue weighted by Gasteiger charge is 1.74. The van der Waals surface area contributed by atoms with Crippen LogP contribution in [0.2, 0.25) is 0 Å². The minimum atomic E-state index is -0.391. The van der Waals surface area contributed by atoms with E-state index >= 15 is 0 Å². The number of hydrogen-bond acceptors (Lipinski definition) is 1. The van der Waals surface area contributed by atoms with Crippen LogP contribution in [0.1, 0.15) is 13.3 Å². The van der Waals surface area contributed by atoms with Crippen LogP contribution in [-0.2, 0) is 0 Å². The number of hydrogen-bond donors (Lipinski definition) is 1. The third-order valence-corrected chi connectivity index (χ3v) is 0.555. The van der Waals surface area contributed by atoms with E-state index in [-0.39, 0.29) is 0 Å². The van der Waals surface area contributed by atoms with Gasteiger partial charge in [0, 0.05) is 0 Å². The Morgan fingerprint density at radius 3 is 2.50 bits per heavy atom. The molecule has 2 heteroatoms. The fraction of sp³-hybridized carbons (Fsp3) is 0.500. The number of thiol groups is 1. The highest BCUT2D eigenvalue weighted by molar-refractivity contribution is 7.84. The van der Waals surface area contributed by atoms with Gasteiger partial charge in [0.2, 0.25) is 0 Å². The van der Waals surface area contributed by atoms with Gasteiger partial charge in [0.05, 0.1) is 0 Å². The maximum absolute atomic E-state index is 11.4. The largest absolute Gasteiger partial charge is 0.200 e. The van der Waals surface area contributed by atoms with Crippen molar-refractivity contribution in [2.24, 2.45) is 0 Å². The standard InChI is InChI=1S/C4H7FS/c1-2-3-4(5)6/h3,6H,2H2,1H3/b4-3+. The van der Waals surface area contributed by atoms with Gasteiger partial charge in [-0.05, 0) is 12.5 Å². The second kappa shape index (κ2) is 3.22. The van der Waals surface area contributed by atoms with Crippen molar-refractivity contribution in [1.82, 2.24) is 0 Å². The third-order valence-electron chi connectivity index (χ3n) is 0.373. The van der Waals surface area contributed by atoms with Crippen LogP contribution >= 0.6 is 12.6 Å². The zero-order valence-corrected chi connectivity index (χ0v) is 4.50. The summed E-state index contributed by atoms with van der Waals surface area (Å²) in [7, 11) is 0. The molecule has 0 aromatic heterocycles. The van der Waals surface area contributed by atoms with Crippen LogP contribution in [0.15, 0.2) is 11.2 Å². The van der Waals surface area contributed by atoms with Gasteiger partial charge in [-0.25, -0.2) is 4.39 Å². The summed E-state index contributed by atoms with van der Waals surface area (Å²) >= 11 is 3.37. The number of rotatable bonds is 1. The summed E-state index contributed by atoms with van der Waals surface area (Å²) in [4.78, 5) is 0. The van der Waals surface area contributed by atoms with E-state index in [0.717, 1.165) is 6.42 Å². The van der Waals surface area contributed by atoms with Gasteiger partial charge in [-0.1, -0.05) is 6.92 Å². The summed E-state index contributed by atoms with van der Waals surface area (Å²) in [6.07, 6.45) is 2.12. The molecule has 0 N–H and O–H groups in total. The van der Waals surface area contributed by atoms with Crippen molar-refractivity contribution in [1.29, 1.82) is 0 Å². The minimum absolute atomic E-state index is 0.391. The Hall–Kier alpha value is 0.0200. The fourth-order valence-electron chi connectivity index (χ4n) is 0.168. The normalized spacial score (nSPS) is 12.2. The molecule has 0 amide bonds. The summed E-state index contributed by atoms with van der Waals surface area (Å²) in [5.41, 5.74) is 0. The molecule has 0 radical (unpaired) electrons. The Bertz CT molecular complexity index is 54.6. The number of allylic oxidation sites excluding steroid dienone is 1. The third kappa shape index (κ3) is 4.02. The lowest BCUT2D eigenvalue weighted by Crippen LogP contribution is -1.51. The van der Waals surface area contributed by atoms with E-state index in [9.17, 15) is 4.39 Å². The molecule has 0 atom stereocenters. The Morgan fingerprint density at radius 2 is 2.50 bits per heavy atom. The van der Waals surface area contributed by atoms with Crippen molar-refractivity contribution in [3.8, 4) is 0 Å². The van der Waals surface area contributed by atoms with Crippen LogP contribution in [0.4, 0.5) is 4.39 Å². The molecule has 0 bridgehead atoms. The average molecular weight is 106 g/mol. The molecule has 0 saturated carbocycles. The average Bonchev–Trinajstić information content (AvgIpc) is 1.35. The van der Waals surface area contributed by atoms with E-state index < -0.39 is 5.16 Å². The first-order valence-electron chi connectivity index (χ1n) is 1.82. The molecule has 0 rings (SSSR count). The molecule has 0 fully saturated rings. The van der Waals surface area contributed by atoms with E-state index in [1.165, 1.54) is 6.08 Å². The molecule has 0 aromatic carbocycles. The van der Waals surface area contributed by atoms with Crippen LogP contribution < -0.4 is 0 Å². The molecular formula is C4H7FS. The van der Waals surface area contributed by atoms with Gasteiger partial charge in [-0.15, -0.1) is 12.6 Å². The van der Waals surface area contributed by atoms with E-state index in [2.05, 4.69) is 12.6 Å². The predicted octanol–water partition coefficient (Wildman–Crippen LogP) is 2.14. The lowest BCUT2D eigenvalue weighted by molar-refractivity contribution is 0.696. The molecule has 0 heterocycles. The quantitative estimate of drug-likeness (QED) is 0.486. The SMILES string of the molecule is CC/C=C(\F)S. The first-order valence-corrected chi connectivity index (χ1v) is 2.26. The van der Waals surface area contributed by atoms with Crippen molar-refractivity contribution < 1.29 is 4.39 Å². The van der Waals surface area contributed by atoms with Crippen molar-refractivity contribution >= 4 is 12.6 Å². The monoisotopic (exact) mass is 106 g/mol. The van der Waals surface area contributed by atoms with E-state index in [1.807, 2.05) is 6.92 Å². The maximum atomic E-state index is 11.4. The van der Waals surface area contributed by atoms with Crippen LogP contribution in [0, 0.1) is 0 Å². The molecule has 0 nitrogen and oxygen atoms in total. The van der Waals surface area contributed by atoms with Crippen LogP contribution in [-0.4, -0.2) is 0 Å². The summed E-state index contributed by atoms with van der Waals surface area (Å²) < 4.78 is 11.4. The molecule has 0 aromatic rings. The fourth-order valence-corrected chi connectivity index (χ4v) is 0.351. The van der Waals surface area contributed by atoms with Gasteiger partial charge in [-0.2, -0.15) is 0 Å². The molecular weight excluding hydrogens is 99.1 g/mol. The predicted molar refractivity (Wildman–Crippen MR) is 28.5 cm³/mol. The minimum Gasteiger partial charge on any atom is -0.200 e. The molecule has 0 unspecified atom stereocenters.